The van der Waals surface area contributed by atoms with E-state index in [2.05, 4.69) is 0 Å². The fourth-order valence-electron chi connectivity index (χ4n) is 1.87. The minimum atomic E-state index is -0.755. The van der Waals surface area contributed by atoms with Crippen LogP contribution in [0.2, 0.25) is 0 Å². The fourth-order valence-corrected chi connectivity index (χ4v) is 1.87. The molecule has 0 radical (unpaired) electrons. The Balaban J connectivity index is 2.19. The summed E-state index contributed by atoms with van der Waals surface area (Å²) < 4.78 is 6.16. The molecule has 1 saturated heterocycles. The van der Waals surface area contributed by atoms with Crippen molar-refractivity contribution in [1.29, 1.82) is 0 Å². The smallest absolute Gasteiger partial charge is 0.334 e. The van der Waals surface area contributed by atoms with E-state index in [4.69, 9.17) is 4.74 Å². The Morgan fingerprint density at radius 1 is 1.61 bits per heavy atom. The van der Waals surface area contributed by atoms with Gasteiger partial charge in [0.05, 0.1) is 18.1 Å². The molecular weight excluding hydrogens is 240 g/mol. The average Bonchev–Trinajstić information content (AvgIpc) is 2.85. The monoisotopic (exact) mass is 252 g/mol. The van der Waals surface area contributed by atoms with E-state index >= 15 is 0 Å². The molecule has 1 aliphatic heterocycles. The van der Waals surface area contributed by atoms with Crippen LogP contribution in [-0.2, 0) is 16.1 Å². The normalized spacial score (nSPS) is 18.8. The van der Waals surface area contributed by atoms with Gasteiger partial charge in [0.1, 0.15) is 0 Å². The summed E-state index contributed by atoms with van der Waals surface area (Å²) in [6, 6.07) is 2.51. The number of nitrogens with zero attached hydrogens (tertiary/aromatic N) is 2. The number of carbonyl (C=O) groups excluding carboxylic acids is 1. The summed E-state index contributed by atoms with van der Waals surface area (Å²) in [5.74, 6) is -0.341. The number of nitro groups is 1. The highest BCUT2D eigenvalue weighted by atomic mass is 16.6. The predicted molar refractivity (Wildman–Crippen MR) is 61.3 cm³/mol. The molecule has 1 atom stereocenters. The summed E-state index contributed by atoms with van der Waals surface area (Å²) in [6.45, 7) is 0.761. The summed E-state index contributed by atoms with van der Waals surface area (Å²) in [6.07, 6.45) is 2.02. The van der Waals surface area contributed by atoms with Crippen molar-refractivity contribution in [2.45, 2.75) is 13.0 Å². The number of hydrogen-bond donors (Lipinski definition) is 0. The molecule has 0 amide bonds. The van der Waals surface area contributed by atoms with Crippen molar-refractivity contribution in [3.05, 3.63) is 38.8 Å². The third-order valence-corrected chi connectivity index (χ3v) is 2.91. The van der Waals surface area contributed by atoms with Crippen molar-refractivity contribution in [3.63, 3.8) is 0 Å². The predicted octanol–water partition coefficient (Wildman–Crippen LogP) is 0.362. The lowest BCUT2D eigenvalue weighted by Crippen LogP contribution is -2.28. The van der Waals surface area contributed by atoms with Crippen LogP contribution in [0.15, 0.2) is 23.1 Å². The van der Waals surface area contributed by atoms with Gasteiger partial charge in [0.15, 0.2) is 5.78 Å². The maximum Gasteiger partial charge on any atom is 0.334 e. The van der Waals surface area contributed by atoms with Gasteiger partial charge < -0.3 is 9.30 Å². The highest BCUT2D eigenvalue weighted by Gasteiger charge is 2.24. The molecule has 0 aliphatic carbocycles. The first kappa shape index (κ1) is 12.4. The molecule has 1 aliphatic rings. The Morgan fingerprint density at radius 2 is 2.39 bits per heavy atom. The molecule has 96 valence electrons. The third kappa shape index (κ3) is 2.45. The second-order valence-electron chi connectivity index (χ2n) is 4.11. The number of aromatic nitrogens is 1. The summed E-state index contributed by atoms with van der Waals surface area (Å²) in [5, 5.41) is 10.6. The first-order valence-corrected chi connectivity index (χ1v) is 5.54. The molecule has 0 saturated carbocycles. The maximum absolute atomic E-state index is 11.8. The minimum Gasteiger partial charge on any atom is -0.381 e. The molecule has 1 aromatic heterocycles. The zero-order valence-electron chi connectivity index (χ0n) is 9.57. The van der Waals surface area contributed by atoms with Crippen molar-refractivity contribution in [2.24, 2.45) is 5.92 Å². The molecule has 0 N–H and O–H groups in total. The van der Waals surface area contributed by atoms with Gasteiger partial charge in [-0.25, -0.2) is 0 Å². The van der Waals surface area contributed by atoms with Crippen LogP contribution in [0.4, 0.5) is 5.69 Å². The Labute approximate surface area is 102 Å². The van der Waals surface area contributed by atoms with Crippen molar-refractivity contribution >= 4 is 11.5 Å². The zero-order chi connectivity index (χ0) is 13.1. The number of pyridine rings is 1. The van der Waals surface area contributed by atoms with Crippen LogP contribution in [0, 0.1) is 16.0 Å². The summed E-state index contributed by atoms with van der Waals surface area (Å²) in [4.78, 5) is 33.4. The first-order chi connectivity index (χ1) is 8.59. The number of ketones is 1. The highest BCUT2D eigenvalue weighted by Crippen LogP contribution is 2.14. The summed E-state index contributed by atoms with van der Waals surface area (Å²) in [5.41, 5.74) is -1.28. The maximum atomic E-state index is 11.8. The number of rotatable bonds is 4. The highest BCUT2D eigenvalue weighted by molar-refractivity contribution is 5.81. The standard InChI is InChI=1S/C11H12N2O5/c14-10(8-3-5-18-7-8)6-12-4-1-2-9(11(12)15)13(16)17/h1-2,4,8H,3,5-7H2. The van der Waals surface area contributed by atoms with Crippen molar-refractivity contribution < 1.29 is 14.5 Å². The van der Waals surface area contributed by atoms with Gasteiger partial charge in [-0.1, -0.05) is 0 Å². The number of carbonyl (C=O) groups is 1. The largest absolute Gasteiger partial charge is 0.381 e. The van der Waals surface area contributed by atoms with Gasteiger partial charge in [0, 0.05) is 24.8 Å². The van der Waals surface area contributed by atoms with Gasteiger partial charge in [-0.3, -0.25) is 19.7 Å². The fraction of sp³-hybridized carbons (Fsp3) is 0.455. The molecule has 1 unspecified atom stereocenters. The SMILES string of the molecule is O=C(Cn1cccc([N+](=O)[O-])c1=O)C1CCOC1. The summed E-state index contributed by atoms with van der Waals surface area (Å²) in [7, 11) is 0. The van der Waals surface area contributed by atoms with E-state index in [0.29, 0.717) is 19.6 Å². The Hall–Kier alpha value is -2.02. The third-order valence-electron chi connectivity index (χ3n) is 2.91. The van der Waals surface area contributed by atoms with Gasteiger partial charge in [-0.15, -0.1) is 0 Å². The Kier molecular flexibility index (Phi) is 3.52. The lowest BCUT2D eigenvalue weighted by atomic mass is 10.0. The molecule has 7 heteroatoms. The van der Waals surface area contributed by atoms with Crippen LogP contribution in [-0.4, -0.2) is 28.5 Å². The zero-order valence-corrected chi connectivity index (χ0v) is 9.57. The molecule has 2 heterocycles. The molecule has 0 bridgehead atoms. The number of hydrogen-bond acceptors (Lipinski definition) is 5. The van der Waals surface area contributed by atoms with E-state index in [9.17, 15) is 19.7 Å². The second kappa shape index (κ2) is 5.09. The van der Waals surface area contributed by atoms with E-state index in [0.717, 1.165) is 10.6 Å². The van der Waals surface area contributed by atoms with Crippen LogP contribution in [0.25, 0.3) is 0 Å². The van der Waals surface area contributed by atoms with Gasteiger partial charge in [0.25, 0.3) is 0 Å². The average molecular weight is 252 g/mol. The molecule has 1 fully saturated rings. The lowest BCUT2D eigenvalue weighted by Gasteiger charge is -2.08. The molecule has 1 aromatic rings. The lowest BCUT2D eigenvalue weighted by molar-refractivity contribution is -0.386. The minimum absolute atomic E-state index is 0.130. The Bertz CT molecular complexity index is 530. The molecule has 0 spiro atoms. The second-order valence-corrected chi connectivity index (χ2v) is 4.11. The molecule has 0 aromatic carbocycles. The van der Waals surface area contributed by atoms with Crippen LogP contribution < -0.4 is 5.56 Å². The molecule has 7 nitrogen and oxygen atoms in total. The van der Waals surface area contributed by atoms with Crippen LogP contribution in [0.5, 0.6) is 0 Å². The quantitative estimate of drug-likeness (QED) is 0.570. The van der Waals surface area contributed by atoms with Crippen molar-refractivity contribution in [2.75, 3.05) is 13.2 Å². The van der Waals surface area contributed by atoms with Gasteiger partial charge >= 0.3 is 11.2 Å². The van der Waals surface area contributed by atoms with Gasteiger partial charge in [-0.2, -0.15) is 0 Å². The van der Waals surface area contributed by atoms with Gasteiger partial charge in [-0.05, 0) is 12.5 Å². The van der Waals surface area contributed by atoms with Crippen LogP contribution >= 0.6 is 0 Å². The molecule has 2 rings (SSSR count). The van der Waals surface area contributed by atoms with E-state index in [1.807, 2.05) is 0 Å². The van der Waals surface area contributed by atoms with E-state index in [1.54, 1.807) is 0 Å². The first-order valence-electron chi connectivity index (χ1n) is 5.54. The topological polar surface area (TPSA) is 91.4 Å². The van der Waals surface area contributed by atoms with Crippen molar-refractivity contribution in [3.8, 4) is 0 Å². The van der Waals surface area contributed by atoms with Crippen LogP contribution in [0.3, 0.4) is 0 Å². The number of ether oxygens (including phenoxy) is 1. The molecular formula is C11H12N2O5. The van der Waals surface area contributed by atoms with Crippen LogP contribution in [0.1, 0.15) is 6.42 Å². The van der Waals surface area contributed by atoms with Gasteiger partial charge in [0.2, 0.25) is 0 Å². The Morgan fingerprint density at radius 3 is 3.00 bits per heavy atom. The van der Waals surface area contributed by atoms with E-state index in [-0.39, 0.29) is 18.2 Å². The van der Waals surface area contributed by atoms with E-state index < -0.39 is 16.2 Å². The molecule has 18 heavy (non-hydrogen) atoms. The van der Waals surface area contributed by atoms with E-state index in [1.165, 1.54) is 12.3 Å². The summed E-state index contributed by atoms with van der Waals surface area (Å²) >= 11 is 0. The number of Topliss-reactive ketones (excluding diaryl/α,β-unsaturated/α-hetero) is 1. The van der Waals surface area contributed by atoms with Crippen molar-refractivity contribution in [1.82, 2.24) is 4.57 Å².